The lowest BCUT2D eigenvalue weighted by molar-refractivity contribution is -0.110. The highest BCUT2D eigenvalue weighted by molar-refractivity contribution is 6.48. The molecule has 0 aliphatic carbocycles. The van der Waals surface area contributed by atoms with Crippen LogP contribution in [-0.4, -0.2) is 60.3 Å². The topological polar surface area (TPSA) is 122 Å². The first kappa shape index (κ1) is 28.9. The second kappa shape index (κ2) is 16.3. The Morgan fingerprint density at radius 2 is 1.47 bits per heavy atom. The Kier molecular flexibility index (Phi) is 13.1. The largest absolute Gasteiger partial charge is 0.496 e. The second-order valence-electron chi connectivity index (χ2n) is 8.37. The first-order valence-corrected chi connectivity index (χ1v) is 12.6. The number of amides is 1. The van der Waals surface area contributed by atoms with E-state index in [1.807, 2.05) is 0 Å². The summed E-state index contributed by atoms with van der Waals surface area (Å²) in [5, 5.41) is 19.0. The maximum Gasteiger partial charge on any atom is 0.282 e. The highest BCUT2D eigenvalue weighted by Crippen LogP contribution is 2.38. The molecule has 2 aromatic rings. The molecular weight excluding hydrogens is 464 g/mol. The van der Waals surface area contributed by atoms with Gasteiger partial charge in [0.25, 0.3) is 5.91 Å². The van der Waals surface area contributed by atoms with Crippen molar-refractivity contribution in [2.75, 3.05) is 33.8 Å². The first-order chi connectivity index (χ1) is 17.6. The van der Waals surface area contributed by atoms with Crippen molar-refractivity contribution in [1.29, 1.82) is 0 Å². The number of aryl methyl sites for hydroxylation is 1. The minimum absolute atomic E-state index is 0.0628. The molecule has 0 saturated heterocycles. The highest BCUT2D eigenvalue weighted by Gasteiger charge is 2.24. The van der Waals surface area contributed by atoms with Gasteiger partial charge in [-0.05, 0) is 11.6 Å². The highest BCUT2D eigenvalue weighted by atomic mass is 16.6. The Labute approximate surface area is 213 Å². The number of anilines is 1. The van der Waals surface area contributed by atoms with Crippen molar-refractivity contribution < 1.29 is 23.8 Å². The molecule has 0 aliphatic rings. The molecular formula is C25H40N6O5. The van der Waals surface area contributed by atoms with Crippen molar-refractivity contribution in [2.24, 2.45) is 5.16 Å². The van der Waals surface area contributed by atoms with Gasteiger partial charge in [0.05, 0.1) is 27.9 Å². The predicted octanol–water partition coefficient (Wildman–Crippen LogP) is 4.61. The van der Waals surface area contributed by atoms with Gasteiger partial charge in [0.2, 0.25) is 11.5 Å². The van der Waals surface area contributed by atoms with Gasteiger partial charge in [-0.3, -0.25) is 4.79 Å². The maximum absolute atomic E-state index is 13.1. The maximum atomic E-state index is 13.1. The number of ether oxygens (including phenoxy) is 3. The van der Waals surface area contributed by atoms with Crippen molar-refractivity contribution >= 4 is 17.3 Å². The molecule has 1 N–H and O–H groups in total. The minimum atomic E-state index is -0.600. The van der Waals surface area contributed by atoms with Gasteiger partial charge in [0.15, 0.2) is 0 Å². The zero-order valence-electron chi connectivity index (χ0n) is 22.2. The molecule has 0 fully saturated rings. The van der Waals surface area contributed by atoms with Gasteiger partial charge < -0.3 is 24.4 Å². The number of methoxy groups -OCH3 is 3. The molecule has 0 unspecified atom stereocenters. The van der Waals surface area contributed by atoms with Crippen LogP contribution in [0.5, 0.6) is 17.2 Å². The number of nitrogens with zero attached hydrogens (tertiary/aromatic N) is 5. The molecule has 0 spiro atoms. The van der Waals surface area contributed by atoms with Gasteiger partial charge in [-0.15, -0.1) is 10.2 Å². The third-order valence-electron chi connectivity index (χ3n) is 5.73. The average Bonchev–Trinajstić information content (AvgIpc) is 3.36. The predicted molar refractivity (Wildman–Crippen MR) is 138 cm³/mol. The Morgan fingerprint density at radius 1 is 0.889 bits per heavy atom. The molecule has 11 nitrogen and oxygen atoms in total. The lowest BCUT2D eigenvalue weighted by atomic mass is 10.1. The van der Waals surface area contributed by atoms with Crippen LogP contribution in [0.25, 0.3) is 0 Å². The van der Waals surface area contributed by atoms with Crippen molar-refractivity contribution in [3.05, 3.63) is 18.0 Å². The van der Waals surface area contributed by atoms with Gasteiger partial charge in [0, 0.05) is 12.1 Å². The van der Waals surface area contributed by atoms with Crippen LogP contribution in [0.3, 0.4) is 0 Å². The number of carbonyl (C=O) groups excluding carboxylic acids is 1. The molecule has 0 saturated carbocycles. The number of tetrazole rings is 1. The first-order valence-electron chi connectivity index (χ1n) is 12.6. The number of unbranched alkanes of at least 4 members (excludes halogenated alkanes) is 9. The number of carbonyl (C=O) groups is 1. The summed E-state index contributed by atoms with van der Waals surface area (Å²) in [6.45, 7) is 2.86. The summed E-state index contributed by atoms with van der Waals surface area (Å²) in [4.78, 5) is 19.4. The van der Waals surface area contributed by atoms with Crippen LogP contribution in [-0.2, 0) is 16.2 Å². The molecule has 0 bridgehead atoms. The van der Waals surface area contributed by atoms with E-state index in [0.29, 0.717) is 29.5 Å². The standard InChI is InChI=1S/C25H40N6O5/c1-6-7-8-9-10-11-12-13-14-15-16-31-28-24(27-30-31)23(29-36-5)25(32)26-22-20(34-3)17-19(33-2)18-21(22)35-4/h17-18H,6-16H2,1-5H3,(H,26,32). The van der Waals surface area contributed by atoms with E-state index in [0.717, 1.165) is 12.8 Å². The summed E-state index contributed by atoms with van der Waals surface area (Å²) in [5.74, 6) is 0.692. The molecule has 1 aromatic carbocycles. The number of hydrogen-bond acceptors (Lipinski definition) is 9. The van der Waals surface area contributed by atoms with Crippen LogP contribution in [0.2, 0.25) is 0 Å². The average molecular weight is 505 g/mol. The van der Waals surface area contributed by atoms with E-state index in [1.165, 1.54) is 84.6 Å². The zero-order valence-corrected chi connectivity index (χ0v) is 22.2. The Balaban J connectivity index is 1.93. The summed E-state index contributed by atoms with van der Waals surface area (Å²) in [5.41, 5.74) is 0.194. The van der Waals surface area contributed by atoms with Gasteiger partial charge in [0.1, 0.15) is 30.0 Å². The molecule has 11 heteroatoms. The van der Waals surface area contributed by atoms with Crippen LogP contribution in [0, 0.1) is 0 Å². The fourth-order valence-electron chi connectivity index (χ4n) is 3.75. The summed E-state index contributed by atoms with van der Waals surface area (Å²) < 4.78 is 16.0. The third-order valence-corrected chi connectivity index (χ3v) is 5.73. The van der Waals surface area contributed by atoms with Crippen molar-refractivity contribution in [3.8, 4) is 17.2 Å². The van der Waals surface area contributed by atoms with E-state index >= 15 is 0 Å². The number of benzene rings is 1. The van der Waals surface area contributed by atoms with Crippen LogP contribution in [0.1, 0.15) is 77.0 Å². The third kappa shape index (κ3) is 9.01. The Bertz CT molecular complexity index is 937. The second-order valence-corrected chi connectivity index (χ2v) is 8.37. The van der Waals surface area contributed by atoms with Crippen LogP contribution in [0.4, 0.5) is 5.69 Å². The SMILES string of the molecule is CCCCCCCCCCCCn1nnc(C(=NOC)C(=O)Nc2c(OC)cc(OC)cc2OC)n1. The lowest BCUT2D eigenvalue weighted by Gasteiger charge is -2.15. The summed E-state index contributed by atoms with van der Waals surface area (Å²) in [6.07, 6.45) is 12.4. The molecule has 1 heterocycles. The summed E-state index contributed by atoms with van der Waals surface area (Å²) >= 11 is 0. The van der Waals surface area contributed by atoms with E-state index in [4.69, 9.17) is 19.0 Å². The fourth-order valence-corrected chi connectivity index (χ4v) is 3.75. The van der Waals surface area contributed by atoms with E-state index in [1.54, 1.807) is 12.1 Å². The van der Waals surface area contributed by atoms with E-state index in [-0.39, 0.29) is 11.5 Å². The van der Waals surface area contributed by atoms with Crippen molar-refractivity contribution in [2.45, 2.75) is 77.7 Å². The molecule has 0 atom stereocenters. The Hall–Kier alpha value is -3.37. The molecule has 0 aliphatic heterocycles. The van der Waals surface area contributed by atoms with Crippen LogP contribution < -0.4 is 19.5 Å². The van der Waals surface area contributed by atoms with Crippen LogP contribution in [0.15, 0.2) is 17.3 Å². The lowest BCUT2D eigenvalue weighted by Crippen LogP contribution is -2.26. The van der Waals surface area contributed by atoms with E-state index in [2.05, 4.69) is 32.8 Å². The number of rotatable bonds is 18. The smallest absolute Gasteiger partial charge is 0.282 e. The van der Waals surface area contributed by atoms with Crippen LogP contribution >= 0.6 is 0 Å². The number of nitrogens with one attached hydrogen (secondary N) is 1. The summed E-state index contributed by atoms with van der Waals surface area (Å²) in [6, 6.07) is 3.26. The molecule has 0 radical (unpaired) electrons. The normalized spacial score (nSPS) is 11.3. The van der Waals surface area contributed by atoms with Gasteiger partial charge in [-0.25, -0.2) is 0 Å². The van der Waals surface area contributed by atoms with Gasteiger partial charge >= 0.3 is 0 Å². The molecule has 2 rings (SSSR count). The quantitative estimate of drug-likeness (QED) is 0.177. The minimum Gasteiger partial charge on any atom is -0.496 e. The number of oxime groups is 1. The molecule has 36 heavy (non-hydrogen) atoms. The fraction of sp³-hybridized carbons (Fsp3) is 0.640. The van der Waals surface area contributed by atoms with Gasteiger partial charge in [-0.1, -0.05) is 69.9 Å². The van der Waals surface area contributed by atoms with Crippen molar-refractivity contribution in [1.82, 2.24) is 20.2 Å². The van der Waals surface area contributed by atoms with E-state index < -0.39 is 5.91 Å². The van der Waals surface area contributed by atoms with Gasteiger partial charge in [-0.2, -0.15) is 4.80 Å². The number of aromatic nitrogens is 4. The molecule has 200 valence electrons. The zero-order chi connectivity index (χ0) is 26.2. The van der Waals surface area contributed by atoms with Crippen molar-refractivity contribution in [3.63, 3.8) is 0 Å². The molecule has 1 aromatic heterocycles. The number of hydrogen-bond donors (Lipinski definition) is 1. The Morgan fingerprint density at radius 3 is 2.00 bits per heavy atom. The monoisotopic (exact) mass is 504 g/mol. The molecule has 1 amide bonds. The van der Waals surface area contributed by atoms with E-state index in [9.17, 15) is 4.79 Å². The summed E-state index contributed by atoms with van der Waals surface area (Å²) in [7, 11) is 5.83.